The molecule has 0 amide bonds. The van der Waals surface area contributed by atoms with Crippen molar-refractivity contribution in [1.82, 2.24) is 0 Å². The van der Waals surface area contributed by atoms with Crippen molar-refractivity contribution in [1.29, 1.82) is 0 Å². The van der Waals surface area contributed by atoms with E-state index in [2.05, 4.69) is 30.3 Å². The van der Waals surface area contributed by atoms with E-state index in [9.17, 15) is 0 Å². The Morgan fingerprint density at radius 3 is 2.87 bits per heavy atom. The maximum Gasteiger partial charge on any atom is 0.114 e. The highest BCUT2D eigenvalue weighted by Gasteiger charge is 2.38. The smallest absolute Gasteiger partial charge is 0.114 e. The van der Waals surface area contributed by atoms with Gasteiger partial charge >= 0.3 is 0 Å². The summed E-state index contributed by atoms with van der Waals surface area (Å²) in [6, 6.07) is 11.0. The Kier molecular flexibility index (Phi) is 1.31. The highest BCUT2D eigenvalue weighted by atomic mass is 16.3. The number of hydrogen-bond acceptors (Lipinski definition) is 1. The maximum absolute atomic E-state index is 5.64. The van der Waals surface area contributed by atoms with Gasteiger partial charge in [0.15, 0.2) is 0 Å². The summed E-state index contributed by atoms with van der Waals surface area (Å²) in [4.78, 5) is 0. The molecule has 0 fully saturated rings. The number of fused-ring (bicyclic) bond motifs is 7. The molecule has 0 N–H and O–H groups in total. The van der Waals surface area contributed by atoms with E-state index in [4.69, 9.17) is 4.42 Å². The van der Waals surface area contributed by atoms with Crippen molar-refractivity contribution in [3.05, 3.63) is 59.0 Å². The van der Waals surface area contributed by atoms with Crippen LogP contribution in [0.2, 0.25) is 0 Å². The Morgan fingerprint density at radius 2 is 1.93 bits per heavy atom. The minimum Gasteiger partial charge on any atom is -0.468 e. The third kappa shape index (κ3) is 0.883. The monoisotopic (exact) mass is 196 g/mol. The lowest BCUT2D eigenvalue weighted by Gasteiger charge is -2.18. The van der Waals surface area contributed by atoms with E-state index in [-0.39, 0.29) is 0 Å². The second kappa shape index (κ2) is 2.54. The average Bonchev–Trinajstić information content (AvgIpc) is 2.85. The first-order chi connectivity index (χ1) is 7.43. The van der Waals surface area contributed by atoms with Crippen molar-refractivity contribution in [2.24, 2.45) is 0 Å². The first-order valence-electron chi connectivity index (χ1n) is 5.58. The zero-order chi connectivity index (χ0) is 9.83. The molecule has 0 spiro atoms. The predicted octanol–water partition coefficient (Wildman–Crippen LogP) is 3.45. The molecule has 2 bridgehead atoms. The molecule has 2 aromatic rings. The van der Waals surface area contributed by atoms with Crippen LogP contribution in [-0.2, 0) is 6.42 Å². The molecule has 1 nitrogen and oxygen atoms in total. The van der Waals surface area contributed by atoms with Gasteiger partial charge in [-0.15, -0.1) is 0 Å². The average molecular weight is 196 g/mol. The molecule has 15 heavy (non-hydrogen) atoms. The largest absolute Gasteiger partial charge is 0.468 e. The van der Waals surface area contributed by atoms with Crippen molar-refractivity contribution in [3.63, 3.8) is 0 Å². The van der Waals surface area contributed by atoms with Crippen molar-refractivity contribution >= 4 is 0 Å². The van der Waals surface area contributed by atoms with Gasteiger partial charge in [-0.2, -0.15) is 0 Å². The number of benzene rings is 1. The van der Waals surface area contributed by atoms with Gasteiger partial charge in [0.25, 0.3) is 0 Å². The van der Waals surface area contributed by atoms with Crippen LogP contribution in [-0.4, -0.2) is 0 Å². The number of rotatable bonds is 0. The Hall–Kier alpha value is -1.50. The van der Waals surface area contributed by atoms with Crippen LogP contribution in [0.4, 0.5) is 0 Å². The van der Waals surface area contributed by atoms with E-state index in [1.807, 2.05) is 6.26 Å². The minimum absolute atomic E-state index is 0.532. The molecule has 0 saturated heterocycles. The highest BCUT2D eigenvalue weighted by Crippen LogP contribution is 2.51. The van der Waals surface area contributed by atoms with Gasteiger partial charge in [-0.3, -0.25) is 0 Å². The van der Waals surface area contributed by atoms with Gasteiger partial charge in [0, 0.05) is 5.92 Å². The fraction of sp³-hybridized carbons (Fsp3) is 0.286. The van der Waals surface area contributed by atoms with E-state index in [1.165, 1.54) is 29.7 Å². The molecule has 0 aliphatic heterocycles. The number of furan rings is 1. The quantitative estimate of drug-likeness (QED) is 0.629. The Labute approximate surface area is 88.7 Å². The zero-order valence-corrected chi connectivity index (χ0v) is 8.44. The topological polar surface area (TPSA) is 13.1 Å². The molecule has 1 aromatic carbocycles. The van der Waals surface area contributed by atoms with Gasteiger partial charge in [0.1, 0.15) is 5.76 Å². The Morgan fingerprint density at radius 1 is 1.07 bits per heavy atom. The third-order valence-electron chi connectivity index (χ3n) is 3.89. The molecular weight excluding hydrogens is 184 g/mol. The summed E-state index contributed by atoms with van der Waals surface area (Å²) in [5.41, 5.74) is 4.47. The summed E-state index contributed by atoms with van der Waals surface area (Å²) in [6.45, 7) is 0. The summed E-state index contributed by atoms with van der Waals surface area (Å²) < 4.78 is 5.64. The summed E-state index contributed by atoms with van der Waals surface area (Å²) >= 11 is 0. The van der Waals surface area contributed by atoms with Gasteiger partial charge in [-0.05, 0) is 41.5 Å². The van der Waals surface area contributed by atoms with Gasteiger partial charge in [-0.25, -0.2) is 0 Å². The summed E-state index contributed by atoms with van der Waals surface area (Å²) in [5.74, 6) is 2.48. The van der Waals surface area contributed by atoms with Crippen LogP contribution >= 0.6 is 0 Å². The molecule has 2 aliphatic rings. The molecule has 0 radical (unpaired) electrons. The van der Waals surface area contributed by atoms with Crippen LogP contribution in [0.5, 0.6) is 0 Å². The first-order valence-corrected chi connectivity index (χ1v) is 5.58. The molecule has 1 heteroatoms. The van der Waals surface area contributed by atoms with Crippen LogP contribution in [0.25, 0.3) is 0 Å². The van der Waals surface area contributed by atoms with Gasteiger partial charge in [0.05, 0.1) is 6.26 Å². The lowest BCUT2D eigenvalue weighted by atomic mass is 9.86. The Balaban J connectivity index is 1.99. The standard InChI is InChI=1S/C14H12O/c1-2-4-12-11(3-1)10-7-9-5-6-15-14(9)13(12)8-10/h1-6,10,13H,7-8H2. The molecule has 2 atom stereocenters. The SMILES string of the molecule is c1ccc2c(c1)C1Cc3ccoc3C2C1. The lowest BCUT2D eigenvalue weighted by Crippen LogP contribution is -2.07. The zero-order valence-electron chi connectivity index (χ0n) is 8.44. The normalized spacial score (nSPS) is 26.1. The molecule has 2 aliphatic carbocycles. The molecule has 74 valence electrons. The summed E-state index contributed by atoms with van der Waals surface area (Å²) in [6.07, 6.45) is 4.26. The summed E-state index contributed by atoms with van der Waals surface area (Å²) in [5, 5.41) is 0. The van der Waals surface area contributed by atoms with Crippen LogP contribution < -0.4 is 0 Å². The third-order valence-corrected chi connectivity index (χ3v) is 3.89. The minimum atomic E-state index is 0.532. The van der Waals surface area contributed by atoms with Gasteiger partial charge in [0.2, 0.25) is 0 Å². The van der Waals surface area contributed by atoms with Crippen LogP contribution in [0.15, 0.2) is 41.0 Å². The molecule has 0 saturated carbocycles. The van der Waals surface area contributed by atoms with E-state index < -0.39 is 0 Å². The van der Waals surface area contributed by atoms with Gasteiger partial charge < -0.3 is 4.42 Å². The van der Waals surface area contributed by atoms with Crippen molar-refractivity contribution in [3.8, 4) is 0 Å². The fourth-order valence-corrected chi connectivity index (χ4v) is 3.27. The fourth-order valence-electron chi connectivity index (χ4n) is 3.27. The van der Waals surface area contributed by atoms with Crippen molar-refractivity contribution in [2.75, 3.05) is 0 Å². The van der Waals surface area contributed by atoms with Gasteiger partial charge in [-0.1, -0.05) is 24.3 Å². The van der Waals surface area contributed by atoms with E-state index in [0.29, 0.717) is 5.92 Å². The lowest BCUT2D eigenvalue weighted by molar-refractivity contribution is 0.447. The predicted molar refractivity (Wildman–Crippen MR) is 58.1 cm³/mol. The number of hydrogen-bond donors (Lipinski definition) is 0. The molecule has 4 rings (SSSR count). The Bertz CT molecular complexity index is 524. The van der Waals surface area contributed by atoms with E-state index in [0.717, 1.165) is 5.92 Å². The molecule has 1 aromatic heterocycles. The molecule has 2 unspecified atom stereocenters. The van der Waals surface area contributed by atoms with E-state index >= 15 is 0 Å². The van der Waals surface area contributed by atoms with E-state index in [1.54, 1.807) is 5.56 Å². The second-order valence-corrected chi connectivity index (χ2v) is 4.63. The molecule has 1 heterocycles. The van der Waals surface area contributed by atoms with Crippen LogP contribution in [0, 0.1) is 0 Å². The first kappa shape index (κ1) is 7.75. The molecular formula is C14H12O. The van der Waals surface area contributed by atoms with Crippen molar-refractivity contribution < 1.29 is 4.42 Å². The highest BCUT2D eigenvalue weighted by molar-refractivity contribution is 5.48. The van der Waals surface area contributed by atoms with Crippen LogP contribution in [0.1, 0.15) is 40.7 Å². The van der Waals surface area contributed by atoms with Crippen molar-refractivity contribution in [2.45, 2.75) is 24.7 Å². The maximum atomic E-state index is 5.64. The summed E-state index contributed by atoms with van der Waals surface area (Å²) in [7, 11) is 0. The second-order valence-electron chi connectivity index (χ2n) is 4.63. The van der Waals surface area contributed by atoms with Crippen LogP contribution in [0.3, 0.4) is 0 Å².